The molecule has 1 heterocycles. The lowest BCUT2D eigenvalue weighted by Gasteiger charge is -2.34. The third-order valence-corrected chi connectivity index (χ3v) is 3.93. The molecule has 0 aliphatic carbocycles. The highest BCUT2D eigenvalue weighted by molar-refractivity contribution is 5.90. The molecule has 0 radical (unpaired) electrons. The molecular formula is C19H26N2O3. The van der Waals surface area contributed by atoms with E-state index >= 15 is 0 Å². The Hall–Kier alpha value is -2.30. The van der Waals surface area contributed by atoms with Gasteiger partial charge in [-0.25, -0.2) is 0 Å². The number of esters is 1. The van der Waals surface area contributed by atoms with E-state index in [1.807, 2.05) is 45.0 Å². The second kappa shape index (κ2) is 7.51. The van der Waals surface area contributed by atoms with Crippen LogP contribution in [-0.2, 0) is 14.3 Å². The zero-order valence-electron chi connectivity index (χ0n) is 14.6. The van der Waals surface area contributed by atoms with Crippen LogP contribution in [0.5, 0.6) is 0 Å². The molecule has 1 aliphatic rings. The molecule has 2 N–H and O–H groups in total. The van der Waals surface area contributed by atoms with E-state index in [1.54, 1.807) is 6.08 Å². The van der Waals surface area contributed by atoms with Crippen molar-refractivity contribution < 1.29 is 14.3 Å². The quantitative estimate of drug-likeness (QED) is 0.680. The normalized spacial score (nSPS) is 16.4. The van der Waals surface area contributed by atoms with Crippen LogP contribution >= 0.6 is 0 Å². The van der Waals surface area contributed by atoms with Gasteiger partial charge in [0.15, 0.2) is 0 Å². The van der Waals surface area contributed by atoms with Gasteiger partial charge < -0.3 is 15.4 Å². The number of carbonyl (C=O) groups is 2. The number of benzene rings is 1. The Morgan fingerprint density at radius 3 is 2.25 bits per heavy atom. The summed E-state index contributed by atoms with van der Waals surface area (Å²) in [6, 6.07) is 7.95. The number of piperidine rings is 1. The lowest BCUT2D eigenvalue weighted by Crippen LogP contribution is -2.38. The Kier molecular flexibility index (Phi) is 5.65. The molecule has 0 atom stereocenters. The summed E-state index contributed by atoms with van der Waals surface area (Å²) in [4.78, 5) is 25.2. The molecule has 24 heavy (non-hydrogen) atoms. The highest BCUT2D eigenvalue weighted by atomic mass is 16.6. The Balaban J connectivity index is 1.90. The molecule has 5 nitrogen and oxygen atoms in total. The number of ether oxygens (including phenoxy) is 1. The Morgan fingerprint density at radius 1 is 1.17 bits per heavy atom. The summed E-state index contributed by atoms with van der Waals surface area (Å²) in [6.07, 6.45) is 4.65. The van der Waals surface area contributed by atoms with Gasteiger partial charge in [0, 0.05) is 24.9 Å². The first kappa shape index (κ1) is 18.0. The number of amides is 1. The Morgan fingerprint density at radius 2 is 1.75 bits per heavy atom. The summed E-state index contributed by atoms with van der Waals surface area (Å²) in [7, 11) is 0. The molecule has 1 aliphatic heterocycles. The topological polar surface area (TPSA) is 72.6 Å². The van der Waals surface area contributed by atoms with Crippen molar-refractivity contribution in [1.82, 2.24) is 0 Å². The number of hydrogen-bond acceptors (Lipinski definition) is 4. The standard InChI is InChI=1S/C19H26N2O3/c1-19(2,3)24-18(23)15-10-12-21(13-11-15)16-7-4-14(5-8-16)6-9-17(20)22/h4-9,15H,10-13H2,1-3H3,(H2,20,22). The van der Waals surface area contributed by atoms with Crippen LogP contribution in [0, 0.1) is 5.92 Å². The number of carbonyl (C=O) groups excluding carboxylic acids is 2. The number of hydrogen-bond donors (Lipinski definition) is 1. The van der Waals surface area contributed by atoms with Gasteiger partial charge in [-0.1, -0.05) is 12.1 Å². The SMILES string of the molecule is CC(C)(C)OC(=O)C1CCN(c2ccc(C=CC(N)=O)cc2)CC1. The fourth-order valence-corrected chi connectivity index (χ4v) is 2.73. The predicted octanol–water partition coefficient (Wildman–Crippen LogP) is 2.74. The fraction of sp³-hybridized carbons (Fsp3) is 0.474. The molecule has 1 amide bonds. The molecule has 0 aromatic heterocycles. The van der Waals surface area contributed by atoms with Crippen molar-refractivity contribution in [2.24, 2.45) is 11.7 Å². The number of primary amides is 1. The van der Waals surface area contributed by atoms with Crippen LogP contribution in [0.2, 0.25) is 0 Å². The van der Waals surface area contributed by atoms with Crippen LogP contribution in [0.4, 0.5) is 5.69 Å². The van der Waals surface area contributed by atoms with Crippen molar-refractivity contribution >= 4 is 23.6 Å². The smallest absolute Gasteiger partial charge is 0.309 e. The Bertz CT molecular complexity index is 606. The number of nitrogens with two attached hydrogens (primary N) is 1. The fourth-order valence-electron chi connectivity index (χ4n) is 2.73. The van der Waals surface area contributed by atoms with E-state index in [0.29, 0.717) is 0 Å². The van der Waals surface area contributed by atoms with Gasteiger partial charge in [-0.2, -0.15) is 0 Å². The zero-order valence-corrected chi connectivity index (χ0v) is 14.6. The van der Waals surface area contributed by atoms with Gasteiger partial charge in [-0.05, 0) is 57.4 Å². The van der Waals surface area contributed by atoms with Crippen LogP contribution in [0.25, 0.3) is 6.08 Å². The van der Waals surface area contributed by atoms with E-state index in [-0.39, 0.29) is 11.9 Å². The van der Waals surface area contributed by atoms with Gasteiger partial charge in [0.1, 0.15) is 5.60 Å². The predicted molar refractivity (Wildman–Crippen MR) is 95.5 cm³/mol. The zero-order chi connectivity index (χ0) is 17.7. The van der Waals surface area contributed by atoms with Crippen LogP contribution in [-0.4, -0.2) is 30.6 Å². The third kappa shape index (κ3) is 5.41. The van der Waals surface area contributed by atoms with Gasteiger partial charge >= 0.3 is 5.97 Å². The summed E-state index contributed by atoms with van der Waals surface area (Å²) in [6.45, 7) is 7.36. The van der Waals surface area contributed by atoms with Gasteiger partial charge in [0.05, 0.1) is 5.92 Å². The largest absolute Gasteiger partial charge is 0.460 e. The first-order valence-corrected chi connectivity index (χ1v) is 8.30. The highest BCUT2D eigenvalue weighted by Crippen LogP contribution is 2.26. The highest BCUT2D eigenvalue weighted by Gasteiger charge is 2.29. The molecule has 1 aromatic rings. The Labute approximate surface area is 143 Å². The third-order valence-electron chi connectivity index (χ3n) is 3.93. The number of nitrogens with zero attached hydrogens (tertiary/aromatic N) is 1. The summed E-state index contributed by atoms with van der Waals surface area (Å²) >= 11 is 0. The first-order valence-electron chi connectivity index (χ1n) is 8.30. The molecule has 130 valence electrons. The average Bonchev–Trinajstić information content (AvgIpc) is 2.52. The summed E-state index contributed by atoms with van der Waals surface area (Å²) in [5.41, 5.74) is 6.71. The monoisotopic (exact) mass is 330 g/mol. The van der Waals surface area contributed by atoms with Crippen molar-refractivity contribution in [3.63, 3.8) is 0 Å². The summed E-state index contributed by atoms with van der Waals surface area (Å²) in [5.74, 6) is -0.560. The van der Waals surface area contributed by atoms with Crippen LogP contribution in [0.3, 0.4) is 0 Å². The second-order valence-electron chi connectivity index (χ2n) is 7.12. The molecular weight excluding hydrogens is 304 g/mol. The molecule has 1 fully saturated rings. The molecule has 5 heteroatoms. The second-order valence-corrected chi connectivity index (χ2v) is 7.12. The van der Waals surface area contributed by atoms with Crippen molar-refractivity contribution in [3.8, 4) is 0 Å². The molecule has 1 saturated heterocycles. The summed E-state index contributed by atoms with van der Waals surface area (Å²) in [5, 5.41) is 0. The lowest BCUT2D eigenvalue weighted by atomic mass is 9.96. The average molecular weight is 330 g/mol. The van der Waals surface area contributed by atoms with Crippen LogP contribution in [0.1, 0.15) is 39.2 Å². The number of rotatable bonds is 4. The van der Waals surface area contributed by atoms with Crippen molar-refractivity contribution in [3.05, 3.63) is 35.9 Å². The first-order chi connectivity index (χ1) is 11.2. The summed E-state index contributed by atoms with van der Waals surface area (Å²) < 4.78 is 5.48. The van der Waals surface area contributed by atoms with Crippen molar-refractivity contribution in [2.75, 3.05) is 18.0 Å². The van der Waals surface area contributed by atoms with E-state index in [1.165, 1.54) is 6.08 Å². The van der Waals surface area contributed by atoms with Crippen molar-refractivity contribution in [1.29, 1.82) is 0 Å². The molecule has 0 bridgehead atoms. The van der Waals surface area contributed by atoms with Gasteiger partial charge in [-0.3, -0.25) is 9.59 Å². The number of anilines is 1. The minimum atomic E-state index is -0.455. The minimum absolute atomic E-state index is 0.0155. The van der Waals surface area contributed by atoms with E-state index < -0.39 is 11.5 Å². The van der Waals surface area contributed by atoms with Gasteiger partial charge in [0.2, 0.25) is 5.91 Å². The van der Waals surface area contributed by atoms with Crippen LogP contribution < -0.4 is 10.6 Å². The maximum absolute atomic E-state index is 12.1. The lowest BCUT2D eigenvalue weighted by molar-refractivity contribution is -0.160. The van der Waals surface area contributed by atoms with Gasteiger partial charge in [0.25, 0.3) is 0 Å². The van der Waals surface area contributed by atoms with E-state index in [9.17, 15) is 9.59 Å². The van der Waals surface area contributed by atoms with E-state index in [4.69, 9.17) is 10.5 Å². The molecule has 0 unspecified atom stereocenters. The van der Waals surface area contributed by atoms with E-state index in [2.05, 4.69) is 4.90 Å². The molecule has 1 aromatic carbocycles. The maximum atomic E-state index is 12.1. The van der Waals surface area contributed by atoms with Crippen LogP contribution in [0.15, 0.2) is 30.3 Å². The maximum Gasteiger partial charge on any atom is 0.309 e. The van der Waals surface area contributed by atoms with Crippen molar-refractivity contribution in [2.45, 2.75) is 39.2 Å². The minimum Gasteiger partial charge on any atom is -0.460 e. The van der Waals surface area contributed by atoms with E-state index in [0.717, 1.165) is 37.2 Å². The molecule has 2 rings (SSSR count). The molecule has 0 saturated carbocycles. The molecule has 0 spiro atoms. The van der Waals surface area contributed by atoms with Gasteiger partial charge in [-0.15, -0.1) is 0 Å².